The first-order valence-electron chi connectivity index (χ1n) is 5.40. The zero-order valence-electron chi connectivity index (χ0n) is 10.0. The van der Waals surface area contributed by atoms with Crippen LogP contribution in [0.2, 0.25) is 0 Å². The maximum atomic E-state index is 10.7. The van der Waals surface area contributed by atoms with Crippen molar-refractivity contribution in [2.75, 3.05) is 0 Å². The van der Waals surface area contributed by atoms with Gasteiger partial charge in [-0.25, -0.2) is 4.98 Å². The molecule has 1 aromatic carbocycles. The Balaban J connectivity index is 2.26. The molecule has 0 aliphatic rings. The van der Waals surface area contributed by atoms with E-state index in [1.54, 1.807) is 24.3 Å². The number of aromatic nitrogens is 1. The van der Waals surface area contributed by atoms with Crippen LogP contribution in [-0.4, -0.2) is 9.91 Å². The lowest BCUT2D eigenvalue weighted by Crippen LogP contribution is -1.96. The van der Waals surface area contributed by atoms with Crippen molar-refractivity contribution in [1.29, 1.82) is 5.26 Å². The van der Waals surface area contributed by atoms with Gasteiger partial charge in [-0.1, -0.05) is 6.07 Å². The lowest BCUT2D eigenvalue weighted by Gasteiger charge is -2.05. The first kappa shape index (κ1) is 12.5. The van der Waals surface area contributed by atoms with Crippen LogP contribution in [0.1, 0.15) is 11.3 Å². The van der Waals surface area contributed by atoms with Crippen molar-refractivity contribution in [2.24, 2.45) is 0 Å². The molecule has 94 valence electrons. The number of rotatable bonds is 3. The van der Waals surface area contributed by atoms with E-state index in [2.05, 4.69) is 4.98 Å². The Hall–Kier alpha value is -2.94. The second-order valence-corrected chi connectivity index (χ2v) is 3.75. The van der Waals surface area contributed by atoms with Crippen molar-refractivity contribution < 1.29 is 9.66 Å². The molecule has 0 amide bonds. The molecule has 0 saturated carbocycles. The molecule has 0 bridgehead atoms. The number of ether oxygens (including phenoxy) is 1. The van der Waals surface area contributed by atoms with Crippen molar-refractivity contribution in [2.45, 2.75) is 6.92 Å². The van der Waals surface area contributed by atoms with Crippen LogP contribution in [0.15, 0.2) is 36.4 Å². The van der Waals surface area contributed by atoms with Crippen molar-refractivity contribution in [3.63, 3.8) is 0 Å². The van der Waals surface area contributed by atoms with Crippen LogP contribution >= 0.6 is 0 Å². The van der Waals surface area contributed by atoms with Gasteiger partial charge in [-0.15, -0.1) is 0 Å². The van der Waals surface area contributed by atoms with Gasteiger partial charge in [0.25, 0.3) is 5.69 Å². The van der Waals surface area contributed by atoms with Crippen molar-refractivity contribution in [3.05, 3.63) is 57.8 Å². The van der Waals surface area contributed by atoms with Gasteiger partial charge in [0.05, 0.1) is 16.6 Å². The van der Waals surface area contributed by atoms with Gasteiger partial charge in [0.1, 0.15) is 11.4 Å². The fourth-order valence-corrected chi connectivity index (χ4v) is 1.53. The molecule has 0 unspecified atom stereocenters. The molecule has 0 radical (unpaired) electrons. The molecule has 6 heteroatoms. The first-order valence-corrected chi connectivity index (χ1v) is 5.40. The van der Waals surface area contributed by atoms with E-state index in [0.29, 0.717) is 11.3 Å². The van der Waals surface area contributed by atoms with E-state index >= 15 is 0 Å². The largest absolute Gasteiger partial charge is 0.439 e. The van der Waals surface area contributed by atoms with Gasteiger partial charge >= 0.3 is 0 Å². The zero-order chi connectivity index (χ0) is 13.8. The molecule has 0 atom stereocenters. The van der Waals surface area contributed by atoms with Gasteiger partial charge in [0.2, 0.25) is 5.88 Å². The average Bonchev–Trinajstić information content (AvgIpc) is 2.38. The molecule has 0 N–H and O–H groups in total. The van der Waals surface area contributed by atoms with E-state index in [9.17, 15) is 10.1 Å². The highest BCUT2D eigenvalue weighted by Crippen LogP contribution is 2.24. The minimum Gasteiger partial charge on any atom is -0.439 e. The summed E-state index contributed by atoms with van der Waals surface area (Å²) < 4.78 is 5.45. The Morgan fingerprint density at radius 2 is 2.16 bits per heavy atom. The van der Waals surface area contributed by atoms with Crippen LogP contribution in [0.3, 0.4) is 0 Å². The lowest BCUT2D eigenvalue weighted by atomic mass is 10.2. The summed E-state index contributed by atoms with van der Waals surface area (Å²) in [7, 11) is 0. The van der Waals surface area contributed by atoms with Crippen molar-refractivity contribution >= 4 is 5.69 Å². The quantitative estimate of drug-likeness (QED) is 0.621. The average molecular weight is 255 g/mol. The maximum absolute atomic E-state index is 10.7. The first-order chi connectivity index (χ1) is 9.10. The van der Waals surface area contributed by atoms with E-state index in [1.165, 1.54) is 19.1 Å². The van der Waals surface area contributed by atoms with E-state index < -0.39 is 4.92 Å². The molecule has 2 rings (SSSR count). The van der Waals surface area contributed by atoms with Crippen molar-refractivity contribution in [3.8, 4) is 17.7 Å². The SMILES string of the molecule is Cc1nc(Oc2cccc(C#N)c2)ccc1[N+](=O)[O-]. The fraction of sp³-hybridized carbons (Fsp3) is 0.0769. The Bertz CT molecular complexity index is 677. The summed E-state index contributed by atoms with van der Waals surface area (Å²) in [5, 5.41) is 19.4. The Morgan fingerprint density at radius 1 is 1.37 bits per heavy atom. The Morgan fingerprint density at radius 3 is 2.79 bits per heavy atom. The number of hydrogen-bond donors (Lipinski definition) is 0. The summed E-state index contributed by atoms with van der Waals surface area (Å²) in [5.41, 5.74) is 0.688. The molecule has 2 aromatic rings. The van der Waals surface area contributed by atoms with Crippen LogP contribution in [0.5, 0.6) is 11.6 Å². The highest BCUT2D eigenvalue weighted by Gasteiger charge is 2.12. The predicted octanol–water partition coefficient (Wildman–Crippen LogP) is 2.96. The van der Waals surface area contributed by atoms with Gasteiger partial charge in [-0.05, 0) is 25.1 Å². The molecule has 6 nitrogen and oxygen atoms in total. The van der Waals surface area contributed by atoms with Crippen LogP contribution in [0, 0.1) is 28.4 Å². The summed E-state index contributed by atoms with van der Waals surface area (Å²) in [4.78, 5) is 14.2. The summed E-state index contributed by atoms with van der Waals surface area (Å²) in [6, 6.07) is 11.3. The maximum Gasteiger partial charge on any atom is 0.290 e. The van der Waals surface area contributed by atoms with E-state index in [-0.39, 0.29) is 17.3 Å². The second-order valence-electron chi connectivity index (χ2n) is 3.75. The molecule has 19 heavy (non-hydrogen) atoms. The molecular weight excluding hydrogens is 246 g/mol. The molecule has 0 aliphatic heterocycles. The molecule has 0 spiro atoms. The monoisotopic (exact) mass is 255 g/mol. The van der Waals surface area contributed by atoms with Crippen LogP contribution in [0.25, 0.3) is 0 Å². The van der Waals surface area contributed by atoms with Crippen LogP contribution in [0.4, 0.5) is 5.69 Å². The van der Waals surface area contributed by atoms with Gasteiger partial charge in [0, 0.05) is 12.1 Å². The Labute approximate surface area is 109 Å². The van der Waals surface area contributed by atoms with E-state index in [0.717, 1.165) is 0 Å². The predicted molar refractivity (Wildman–Crippen MR) is 66.9 cm³/mol. The van der Waals surface area contributed by atoms with Gasteiger partial charge < -0.3 is 4.74 Å². The van der Waals surface area contributed by atoms with Gasteiger partial charge in [0.15, 0.2) is 0 Å². The number of hydrogen-bond acceptors (Lipinski definition) is 5. The Kier molecular flexibility index (Phi) is 3.39. The number of pyridine rings is 1. The third-order valence-corrected chi connectivity index (χ3v) is 2.41. The molecule has 0 fully saturated rings. The number of nitrogens with zero attached hydrogens (tertiary/aromatic N) is 3. The van der Waals surface area contributed by atoms with E-state index in [4.69, 9.17) is 10.00 Å². The molecule has 0 saturated heterocycles. The molecular formula is C13H9N3O3. The third-order valence-electron chi connectivity index (χ3n) is 2.41. The van der Waals surface area contributed by atoms with Crippen LogP contribution in [-0.2, 0) is 0 Å². The molecule has 1 aromatic heterocycles. The minimum absolute atomic E-state index is 0.0573. The van der Waals surface area contributed by atoms with Crippen molar-refractivity contribution in [1.82, 2.24) is 4.98 Å². The molecule has 1 heterocycles. The highest BCUT2D eigenvalue weighted by atomic mass is 16.6. The van der Waals surface area contributed by atoms with E-state index in [1.807, 2.05) is 6.07 Å². The van der Waals surface area contributed by atoms with Gasteiger partial charge in [-0.2, -0.15) is 5.26 Å². The number of nitro groups is 1. The highest BCUT2D eigenvalue weighted by molar-refractivity contribution is 5.40. The minimum atomic E-state index is -0.498. The fourth-order valence-electron chi connectivity index (χ4n) is 1.53. The number of nitriles is 1. The van der Waals surface area contributed by atoms with Gasteiger partial charge in [-0.3, -0.25) is 10.1 Å². The number of aryl methyl sites for hydroxylation is 1. The smallest absolute Gasteiger partial charge is 0.290 e. The molecule has 0 aliphatic carbocycles. The second kappa shape index (κ2) is 5.14. The third kappa shape index (κ3) is 2.84. The topological polar surface area (TPSA) is 89.0 Å². The zero-order valence-corrected chi connectivity index (χ0v) is 10.0. The standard InChI is InChI=1S/C13H9N3O3/c1-9-12(16(17)18)5-6-13(15-9)19-11-4-2-3-10(7-11)8-14/h2-7H,1H3. The summed E-state index contributed by atoms with van der Waals surface area (Å²) in [6.07, 6.45) is 0. The van der Waals surface area contributed by atoms with Crippen LogP contribution < -0.4 is 4.74 Å². The summed E-state index contributed by atoms with van der Waals surface area (Å²) in [5.74, 6) is 0.706. The number of benzene rings is 1. The summed E-state index contributed by atoms with van der Waals surface area (Å²) >= 11 is 0. The normalized spacial score (nSPS) is 9.68. The summed E-state index contributed by atoms with van der Waals surface area (Å²) in [6.45, 7) is 1.54. The lowest BCUT2D eigenvalue weighted by molar-refractivity contribution is -0.385.